The Labute approximate surface area is 466 Å². The lowest BCUT2D eigenvalue weighted by Crippen LogP contribution is -2.50. The summed E-state index contributed by atoms with van der Waals surface area (Å²) in [4.78, 5) is 57.4. The van der Waals surface area contributed by atoms with E-state index in [0.29, 0.717) is 97.0 Å². The molecule has 81 heavy (non-hydrogen) atoms. The van der Waals surface area contributed by atoms with Gasteiger partial charge >= 0.3 is 6.03 Å². The molecule has 1 saturated heterocycles. The van der Waals surface area contributed by atoms with Crippen molar-refractivity contribution in [2.24, 2.45) is 0 Å². The van der Waals surface area contributed by atoms with E-state index in [9.17, 15) is 25.2 Å². The second kappa shape index (κ2) is 23.7. The third kappa shape index (κ3) is 11.6. The molecule has 0 unspecified atom stereocenters. The Morgan fingerprint density at radius 3 is 1.69 bits per heavy atom. The molecule has 4 fully saturated rings. The van der Waals surface area contributed by atoms with Gasteiger partial charge in [-0.25, -0.2) is 24.7 Å². The highest BCUT2D eigenvalue weighted by Gasteiger charge is 2.45. The number of piperidine rings is 1. The molecule has 6 atom stereocenters. The molecule has 0 bridgehead atoms. The molecule has 3 saturated carbocycles. The minimum atomic E-state index is -1.18. The molecule has 8 aromatic rings. The molecule has 29 heteroatoms. The smallest absolute Gasteiger partial charge is 0.317 e. The molecule has 8 aromatic heterocycles. The number of hydrogen-bond acceptors (Lipinski definition) is 21. The zero-order valence-corrected chi connectivity index (χ0v) is 45.7. The number of aryl methyl sites for hydroxylation is 2. The summed E-state index contributed by atoms with van der Waals surface area (Å²) in [6.07, 6.45) is 20.8. The fourth-order valence-corrected chi connectivity index (χ4v) is 12.0. The first-order chi connectivity index (χ1) is 39.6. The number of amides is 2. The molecule has 2 amide bonds. The van der Waals surface area contributed by atoms with Gasteiger partial charge in [0, 0.05) is 88.7 Å². The highest BCUT2D eigenvalue weighted by molar-refractivity contribution is 5.85. The third-order valence-corrected chi connectivity index (χ3v) is 16.6. The predicted molar refractivity (Wildman–Crippen MR) is 296 cm³/mol. The standard InChI is InChI=1S/C52H72N24O5/c1-3-70-23-34(55-27-70)11-15-53-50-64-46(42-48(66-50)73(29-57-42)38-9-10-39(19-38)75-59-21-36(25-77)68-75)61-31-5-7-32(8-6-31)63-52(81)72-17-13-33(14-18-72)62-47-43-49(67-51(65-47)54-16-12-35-24-71(4-2)28-56-35)74(30-58-43)40-20-41(45(80)44(40)79)76-60-22-37(26-78)69-76/h21-24,27-33,38-41,44-45,77-80H,3-20,25-26H2,1-2H3,(H,63,81)(H2,53,61,64,66)(H2,54,62,65,67)/t31?,32?,38-,39+,40+,41-,44-,45+/m0/s1. The molecule has 0 radical (unpaired) electrons. The number of urea groups is 1. The van der Waals surface area contributed by atoms with Crippen molar-refractivity contribution < 1.29 is 25.2 Å². The summed E-state index contributed by atoms with van der Waals surface area (Å²) in [5, 5.41) is 76.8. The van der Waals surface area contributed by atoms with E-state index in [4.69, 9.17) is 29.9 Å². The van der Waals surface area contributed by atoms with Crippen LogP contribution in [0.5, 0.6) is 0 Å². The summed E-state index contributed by atoms with van der Waals surface area (Å²) in [5.74, 6) is 2.10. The van der Waals surface area contributed by atoms with Crippen LogP contribution in [0.25, 0.3) is 22.3 Å². The normalized spacial score (nSPS) is 23.5. The van der Waals surface area contributed by atoms with Gasteiger partial charge in [0.05, 0.1) is 74.4 Å². The molecule has 9 heterocycles. The van der Waals surface area contributed by atoms with Gasteiger partial charge in [0.2, 0.25) is 11.9 Å². The Hall–Kier alpha value is -7.89. The molecule has 29 nitrogen and oxygen atoms in total. The van der Waals surface area contributed by atoms with Crippen LogP contribution in [-0.2, 0) is 39.1 Å². The molecule has 430 valence electrons. The van der Waals surface area contributed by atoms with Crippen molar-refractivity contribution in [2.75, 3.05) is 47.4 Å². The fraction of sp³-hybridized carbons (Fsp3) is 0.596. The van der Waals surface area contributed by atoms with E-state index in [-0.39, 0.29) is 55.9 Å². The lowest BCUT2D eigenvalue weighted by atomic mass is 9.91. The lowest BCUT2D eigenvalue weighted by Gasteiger charge is -2.35. The van der Waals surface area contributed by atoms with Crippen LogP contribution in [0.1, 0.15) is 125 Å². The molecular formula is C52H72N24O5. The average Bonchev–Trinajstić information content (AvgIpc) is 4.55. The number of carbonyl (C=O) groups is 1. The van der Waals surface area contributed by atoms with Crippen molar-refractivity contribution >= 4 is 51.9 Å². The number of aliphatic hydroxyl groups excluding tert-OH is 4. The highest BCUT2D eigenvalue weighted by atomic mass is 16.3. The number of hydrogen-bond donors (Lipinski definition) is 9. The second-order valence-corrected chi connectivity index (χ2v) is 21.8. The maximum Gasteiger partial charge on any atom is 0.317 e. The van der Waals surface area contributed by atoms with Gasteiger partial charge in [-0.15, -0.1) is 0 Å². The Morgan fingerprint density at radius 1 is 0.580 bits per heavy atom. The van der Waals surface area contributed by atoms with Gasteiger partial charge in [-0.1, -0.05) is 0 Å². The van der Waals surface area contributed by atoms with Crippen molar-refractivity contribution in [3.63, 3.8) is 0 Å². The van der Waals surface area contributed by atoms with Crippen LogP contribution in [0.3, 0.4) is 0 Å². The second-order valence-electron chi connectivity index (χ2n) is 21.8. The van der Waals surface area contributed by atoms with E-state index in [1.165, 1.54) is 11.0 Å². The van der Waals surface area contributed by atoms with Gasteiger partial charge in [0.15, 0.2) is 34.0 Å². The fourth-order valence-electron chi connectivity index (χ4n) is 12.0. The Balaban J connectivity index is 0.673. The molecular weight excluding hydrogens is 1040 g/mol. The van der Waals surface area contributed by atoms with Gasteiger partial charge in [0.25, 0.3) is 0 Å². The lowest BCUT2D eigenvalue weighted by molar-refractivity contribution is 0.00491. The van der Waals surface area contributed by atoms with Crippen LogP contribution >= 0.6 is 0 Å². The van der Waals surface area contributed by atoms with Gasteiger partial charge in [-0.3, -0.25) is 0 Å². The zero-order valence-electron chi connectivity index (χ0n) is 45.7. The van der Waals surface area contributed by atoms with Crippen LogP contribution in [0.4, 0.5) is 28.3 Å². The number of aliphatic hydroxyl groups is 4. The number of aromatic nitrogens is 18. The Morgan fingerprint density at radius 2 is 1.11 bits per heavy atom. The van der Waals surface area contributed by atoms with Crippen LogP contribution < -0.4 is 26.6 Å². The maximum atomic E-state index is 13.9. The minimum absolute atomic E-state index is 0.0177. The van der Waals surface area contributed by atoms with Gasteiger partial charge in [0.1, 0.15) is 29.6 Å². The number of imidazole rings is 4. The molecule has 1 aliphatic heterocycles. The number of nitrogens with one attached hydrogen (secondary N) is 5. The molecule has 12 rings (SSSR count). The first kappa shape index (κ1) is 53.7. The number of anilines is 4. The van der Waals surface area contributed by atoms with Crippen LogP contribution in [0.2, 0.25) is 0 Å². The van der Waals surface area contributed by atoms with E-state index in [2.05, 4.69) is 86.1 Å². The monoisotopic (exact) mass is 1110 g/mol. The van der Waals surface area contributed by atoms with Crippen LogP contribution in [-0.4, -0.2) is 176 Å². The Kier molecular flexibility index (Phi) is 15.7. The molecule has 3 aliphatic carbocycles. The van der Waals surface area contributed by atoms with Crippen molar-refractivity contribution in [1.29, 1.82) is 0 Å². The number of rotatable bonds is 21. The first-order valence-corrected chi connectivity index (χ1v) is 28.6. The summed E-state index contributed by atoms with van der Waals surface area (Å²) >= 11 is 0. The summed E-state index contributed by atoms with van der Waals surface area (Å²) in [6, 6.07) is -0.954. The van der Waals surface area contributed by atoms with E-state index < -0.39 is 24.3 Å². The summed E-state index contributed by atoms with van der Waals surface area (Å²) in [5.41, 5.74) is 5.32. The first-order valence-electron chi connectivity index (χ1n) is 28.6. The maximum absolute atomic E-state index is 13.9. The molecule has 9 N–H and O–H groups in total. The molecule has 0 spiro atoms. The van der Waals surface area contributed by atoms with Gasteiger partial charge in [-0.2, -0.15) is 49.9 Å². The van der Waals surface area contributed by atoms with Gasteiger partial charge in [-0.05, 0) is 78.1 Å². The quantitative estimate of drug-likeness (QED) is 0.0499. The van der Waals surface area contributed by atoms with E-state index in [1.54, 1.807) is 21.9 Å². The SMILES string of the molecule is CCn1cnc(CCNc2nc(NC3CCC(NC(=O)N4CCC(Nc5nc(NCCc6cn(CC)cn6)nc6c5ncn6[C@@H]5C[C@H](n6ncc(CO)n6)[C@@H](O)[C@H]5O)CC4)CC3)c3ncn([C@H]4CC[C@@H](n5ncc(CO)n5)C4)c3n2)c1. The van der Waals surface area contributed by atoms with Crippen LogP contribution in [0, 0.1) is 0 Å². The minimum Gasteiger partial charge on any atom is -0.390 e. The molecule has 4 aliphatic rings. The number of fused-ring (bicyclic) bond motifs is 2. The number of carbonyl (C=O) groups excluding carboxylic acids is 1. The van der Waals surface area contributed by atoms with Gasteiger partial charge < -0.3 is 70.2 Å². The van der Waals surface area contributed by atoms with E-state index >= 15 is 0 Å². The van der Waals surface area contributed by atoms with Crippen molar-refractivity contribution in [2.45, 2.75) is 172 Å². The zero-order chi connectivity index (χ0) is 55.6. The van der Waals surface area contributed by atoms with Crippen LogP contribution in [0.15, 0.2) is 50.1 Å². The summed E-state index contributed by atoms with van der Waals surface area (Å²) in [6.45, 7) is 7.64. The summed E-state index contributed by atoms with van der Waals surface area (Å²) in [7, 11) is 0. The molecule has 0 aromatic carbocycles. The van der Waals surface area contributed by atoms with Crippen molar-refractivity contribution in [3.05, 3.63) is 72.9 Å². The van der Waals surface area contributed by atoms with Crippen molar-refractivity contribution in [3.8, 4) is 0 Å². The van der Waals surface area contributed by atoms with E-state index in [1.807, 2.05) is 34.6 Å². The summed E-state index contributed by atoms with van der Waals surface area (Å²) < 4.78 is 8.03. The third-order valence-electron chi connectivity index (χ3n) is 16.6. The number of nitrogens with zero attached hydrogens (tertiary/aromatic N) is 19. The number of likely N-dealkylation sites (tertiary alicyclic amines) is 1. The largest absolute Gasteiger partial charge is 0.390 e. The predicted octanol–water partition coefficient (Wildman–Crippen LogP) is 2.76. The van der Waals surface area contributed by atoms with E-state index in [0.717, 1.165) is 81.5 Å². The highest BCUT2D eigenvalue weighted by Crippen LogP contribution is 2.41. The topological polar surface area (TPSA) is 346 Å². The Bertz CT molecular complexity index is 3400. The van der Waals surface area contributed by atoms with Crippen molar-refractivity contribution in [1.82, 2.24) is 98.3 Å². The average molecular weight is 1110 g/mol.